The SMILES string of the molecule is CCc1ccc(C(=O)N2CCCNC(=O)C2)cc1. The third kappa shape index (κ3) is 2.88. The number of rotatable bonds is 2. The molecule has 1 aromatic carbocycles. The molecular weight excluding hydrogens is 228 g/mol. The predicted molar refractivity (Wildman–Crippen MR) is 69.4 cm³/mol. The first-order valence-corrected chi connectivity index (χ1v) is 6.35. The summed E-state index contributed by atoms with van der Waals surface area (Å²) >= 11 is 0. The Morgan fingerprint density at radius 3 is 2.72 bits per heavy atom. The van der Waals surface area contributed by atoms with Crippen molar-refractivity contribution in [2.24, 2.45) is 0 Å². The Labute approximate surface area is 107 Å². The van der Waals surface area contributed by atoms with E-state index in [-0.39, 0.29) is 18.4 Å². The predicted octanol–water partition coefficient (Wildman–Crippen LogP) is 1.21. The summed E-state index contributed by atoms with van der Waals surface area (Å²) < 4.78 is 0. The minimum atomic E-state index is -0.0778. The molecule has 0 spiro atoms. The fourth-order valence-electron chi connectivity index (χ4n) is 2.04. The molecule has 4 nitrogen and oxygen atoms in total. The van der Waals surface area contributed by atoms with Crippen LogP contribution in [0.1, 0.15) is 29.3 Å². The molecule has 2 amide bonds. The first kappa shape index (κ1) is 12.6. The van der Waals surface area contributed by atoms with Crippen LogP contribution < -0.4 is 5.32 Å². The van der Waals surface area contributed by atoms with Gasteiger partial charge in [0.25, 0.3) is 5.91 Å². The molecular formula is C14H18N2O2. The highest BCUT2D eigenvalue weighted by Crippen LogP contribution is 2.09. The van der Waals surface area contributed by atoms with Gasteiger partial charge in [-0.3, -0.25) is 9.59 Å². The Bertz CT molecular complexity index is 440. The lowest BCUT2D eigenvalue weighted by atomic mass is 10.1. The van der Waals surface area contributed by atoms with Crippen molar-refractivity contribution < 1.29 is 9.59 Å². The molecule has 1 aromatic rings. The average molecular weight is 246 g/mol. The zero-order valence-electron chi connectivity index (χ0n) is 10.6. The molecule has 0 aromatic heterocycles. The number of aryl methyl sites for hydroxylation is 1. The van der Waals surface area contributed by atoms with E-state index < -0.39 is 0 Å². The summed E-state index contributed by atoms with van der Waals surface area (Å²) in [6.07, 6.45) is 1.77. The van der Waals surface area contributed by atoms with Gasteiger partial charge in [0, 0.05) is 18.7 Å². The van der Waals surface area contributed by atoms with E-state index in [1.807, 2.05) is 24.3 Å². The molecule has 0 aliphatic carbocycles. The molecule has 1 fully saturated rings. The van der Waals surface area contributed by atoms with Gasteiger partial charge in [-0.15, -0.1) is 0 Å². The van der Waals surface area contributed by atoms with Gasteiger partial charge in [-0.05, 0) is 30.5 Å². The molecule has 0 atom stereocenters. The second-order valence-corrected chi connectivity index (χ2v) is 4.48. The molecule has 96 valence electrons. The molecule has 1 heterocycles. The van der Waals surface area contributed by atoms with Crippen LogP contribution in [-0.4, -0.2) is 36.3 Å². The summed E-state index contributed by atoms with van der Waals surface area (Å²) in [5.74, 6) is -0.138. The Balaban J connectivity index is 2.11. The van der Waals surface area contributed by atoms with Crippen LogP contribution in [0.3, 0.4) is 0 Å². The molecule has 18 heavy (non-hydrogen) atoms. The third-order valence-electron chi connectivity index (χ3n) is 3.16. The second-order valence-electron chi connectivity index (χ2n) is 4.48. The highest BCUT2D eigenvalue weighted by Gasteiger charge is 2.20. The molecule has 2 rings (SSSR count). The van der Waals surface area contributed by atoms with E-state index in [2.05, 4.69) is 12.2 Å². The monoisotopic (exact) mass is 246 g/mol. The molecule has 0 saturated carbocycles. The summed E-state index contributed by atoms with van der Waals surface area (Å²) in [6.45, 7) is 3.52. The summed E-state index contributed by atoms with van der Waals surface area (Å²) in [7, 11) is 0. The van der Waals surface area contributed by atoms with Gasteiger partial charge >= 0.3 is 0 Å². The largest absolute Gasteiger partial charge is 0.354 e. The number of nitrogens with zero attached hydrogens (tertiary/aromatic N) is 1. The average Bonchev–Trinajstić information content (AvgIpc) is 2.63. The highest BCUT2D eigenvalue weighted by atomic mass is 16.2. The first-order valence-electron chi connectivity index (χ1n) is 6.35. The minimum absolute atomic E-state index is 0.0605. The fraction of sp³-hybridized carbons (Fsp3) is 0.429. The van der Waals surface area contributed by atoms with Crippen molar-refractivity contribution in [3.8, 4) is 0 Å². The summed E-state index contributed by atoms with van der Waals surface area (Å²) in [5.41, 5.74) is 1.86. The van der Waals surface area contributed by atoms with E-state index >= 15 is 0 Å². The number of carbonyl (C=O) groups excluding carboxylic acids is 2. The van der Waals surface area contributed by atoms with Crippen LogP contribution >= 0.6 is 0 Å². The third-order valence-corrected chi connectivity index (χ3v) is 3.16. The molecule has 1 N–H and O–H groups in total. The molecule has 1 saturated heterocycles. The lowest BCUT2D eigenvalue weighted by Crippen LogP contribution is -2.37. The van der Waals surface area contributed by atoms with Crippen molar-refractivity contribution in [2.75, 3.05) is 19.6 Å². The van der Waals surface area contributed by atoms with Gasteiger partial charge in [-0.1, -0.05) is 19.1 Å². The van der Waals surface area contributed by atoms with E-state index in [4.69, 9.17) is 0 Å². The molecule has 4 heteroatoms. The second kappa shape index (κ2) is 5.67. The Morgan fingerprint density at radius 1 is 1.33 bits per heavy atom. The van der Waals surface area contributed by atoms with Crippen molar-refractivity contribution in [3.63, 3.8) is 0 Å². The maximum absolute atomic E-state index is 12.2. The molecule has 0 unspecified atom stereocenters. The number of nitrogens with one attached hydrogen (secondary N) is 1. The van der Waals surface area contributed by atoms with Gasteiger partial charge in [-0.25, -0.2) is 0 Å². The number of hydrogen-bond acceptors (Lipinski definition) is 2. The number of amides is 2. The van der Waals surface area contributed by atoms with E-state index in [0.29, 0.717) is 18.7 Å². The zero-order valence-corrected chi connectivity index (χ0v) is 10.6. The number of carbonyl (C=O) groups is 2. The van der Waals surface area contributed by atoms with Crippen LogP contribution in [0.15, 0.2) is 24.3 Å². The highest BCUT2D eigenvalue weighted by molar-refractivity contribution is 5.96. The summed E-state index contributed by atoms with van der Waals surface area (Å²) in [4.78, 5) is 25.3. The normalized spacial score (nSPS) is 16.1. The minimum Gasteiger partial charge on any atom is -0.354 e. The van der Waals surface area contributed by atoms with Crippen LogP contribution in [0.2, 0.25) is 0 Å². The maximum atomic E-state index is 12.2. The van der Waals surface area contributed by atoms with Gasteiger partial charge in [-0.2, -0.15) is 0 Å². The number of hydrogen-bond donors (Lipinski definition) is 1. The summed E-state index contributed by atoms with van der Waals surface area (Å²) in [6, 6.07) is 7.60. The van der Waals surface area contributed by atoms with Crippen LogP contribution in [0.25, 0.3) is 0 Å². The van der Waals surface area contributed by atoms with Crippen molar-refractivity contribution in [2.45, 2.75) is 19.8 Å². The van der Waals surface area contributed by atoms with Crippen molar-refractivity contribution in [1.29, 1.82) is 0 Å². The van der Waals surface area contributed by atoms with Gasteiger partial charge in [0.05, 0.1) is 6.54 Å². The smallest absolute Gasteiger partial charge is 0.254 e. The van der Waals surface area contributed by atoms with Gasteiger partial charge in [0.2, 0.25) is 5.91 Å². The van der Waals surface area contributed by atoms with Crippen LogP contribution in [0, 0.1) is 0 Å². The number of benzene rings is 1. The zero-order chi connectivity index (χ0) is 13.0. The topological polar surface area (TPSA) is 49.4 Å². The van der Waals surface area contributed by atoms with Crippen molar-refractivity contribution in [1.82, 2.24) is 10.2 Å². The maximum Gasteiger partial charge on any atom is 0.254 e. The fourth-order valence-corrected chi connectivity index (χ4v) is 2.04. The van der Waals surface area contributed by atoms with E-state index in [1.165, 1.54) is 5.56 Å². The Kier molecular flexibility index (Phi) is 3.97. The molecule has 1 aliphatic heterocycles. The van der Waals surface area contributed by atoms with Crippen molar-refractivity contribution in [3.05, 3.63) is 35.4 Å². The molecule has 1 aliphatic rings. The first-order chi connectivity index (χ1) is 8.70. The quantitative estimate of drug-likeness (QED) is 0.852. The molecule has 0 bridgehead atoms. The summed E-state index contributed by atoms with van der Waals surface area (Å²) in [5, 5.41) is 2.77. The van der Waals surface area contributed by atoms with Crippen LogP contribution in [-0.2, 0) is 11.2 Å². The van der Waals surface area contributed by atoms with Gasteiger partial charge in [0.15, 0.2) is 0 Å². The van der Waals surface area contributed by atoms with E-state index in [0.717, 1.165) is 12.8 Å². The van der Waals surface area contributed by atoms with Crippen LogP contribution in [0.5, 0.6) is 0 Å². The lowest BCUT2D eigenvalue weighted by molar-refractivity contribution is -0.121. The molecule has 0 radical (unpaired) electrons. The van der Waals surface area contributed by atoms with E-state index in [1.54, 1.807) is 4.90 Å². The van der Waals surface area contributed by atoms with Crippen LogP contribution in [0.4, 0.5) is 0 Å². The Hall–Kier alpha value is -1.84. The van der Waals surface area contributed by atoms with Crippen molar-refractivity contribution >= 4 is 11.8 Å². The van der Waals surface area contributed by atoms with E-state index in [9.17, 15) is 9.59 Å². The van der Waals surface area contributed by atoms with Gasteiger partial charge in [0.1, 0.15) is 0 Å². The Morgan fingerprint density at radius 2 is 2.06 bits per heavy atom. The standard InChI is InChI=1S/C14H18N2O2/c1-2-11-4-6-12(7-5-11)14(18)16-9-3-8-15-13(17)10-16/h4-7H,2-3,8-10H2,1H3,(H,15,17). The van der Waals surface area contributed by atoms with Gasteiger partial charge < -0.3 is 10.2 Å². The lowest BCUT2D eigenvalue weighted by Gasteiger charge is -2.19.